The minimum atomic E-state index is -3.38. The molecule has 440 valence electrons. The maximum absolute atomic E-state index is 15.3. The van der Waals surface area contributed by atoms with E-state index < -0.39 is 143 Å². The van der Waals surface area contributed by atoms with Crippen LogP contribution in [0.25, 0.3) is 0 Å². The number of esters is 2. The number of Topliss-reactive ketones (excluding diaryl/α,β-unsaturated/α-hetero) is 1. The zero-order valence-corrected chi connectivity index (χ0v) is 49.1. The molecule has 0 radical (unpaired) electrons. The molecule has 4 saturated heterocycles. The van der Waals surface area contributed by atoms with E-state index in [2.05, 4.69) is 21.7 Å². The summed E-state index contributed by atoms with van der Waals surface area (Å²) in [6, 6.07) is -0.180. The molecule has 0 amide bonds. The highest BCUT2D eigenvalue weighted by Crippen LogP contribution is 2.40. The predicted molar refractivity (Wildman–Crippen MR) is 280 cm³/mol. The van der Waals surface area contributed by atoms with Crippen molar-refractivity contribution in [2.24, 2.45) is 52.5 Å². The van der Waals surface area contributed by atoms with Crippen LogP contribution >= 0.6 is 0 Å². The molecule has 5 aliphatic rings. The van der Waals surface area contributed by atoms with Crippen molar-refractivity contribution in [3.8, 4) is 0 Å². The monoisotopic (exact) mass is 1110 g/mol. The summed E-state index contributed by atoms with van der Waals surface area (Å²) in [6.07, 6.45) is -8.69. The van der Waals surface area contributed by atoms with Gasteiger partial charge in [-0.2, -0.15) is 0 Å². The number of carbonyl (C=O) groups is 3. The van der Waals surface area contributed by atoms with Gasteiger partial charge in [0, 0.05) is 74.7 Å². The Morgan fingerprint density at radius 1 is 0.842 bits per heavy atom. The third-order valence-corrected chi connectivity index (χ3v) is 17.2. The minimum Gasteiger partial charge on any atom is -0.461 e. The Kier molecular flexibility index (Phi) is 23.2. The molecule has 0 bridgehead atoms. The molecule has 1 unspecified atom stereocenters. The topological polar surface area (TPSA) is 266 Å². The van der Waals surface area contributed by atoms with Crippen molar-refractivity contribution in [1.82, 2.24) is 9.62 Å². The lowest BCUT2D eigenvalue weighted by Gasteiger charge is -2.45. The standard InChI is InChI=1S/C54H95N3O18S/c1-26(2)18-41(58)72-47-34(10)46(28(4)25-68-53-49(66-15)32(8)43(59)37(13)71-53)74-51(62)36(12)48(73-42-19-29(5)57(24-31(7)69-42)39-21-38(22-39)56-76(17,64)65)33(9)45(27(3)23-54(14,63)50(61)35(47)11)75-52-44(60)40(55-67-16)20-30(6)70-52/h26-39,42-49,52-53,56,59-60,63H,18-25H2,1-17H3/b55-40+/t27-,28-,29?,30+,31-,32+,33+,34-,35+,36+,37+,38?,39?,42-,43-,44+,45-,46+,47+,48-,49+,52-,53+,54-/m0/s1. The summed E-state index contributed by atoms with van der Waals surface area (Å²) < 4.78 is 84.9. The summed E-state index contributed by atoms with van der Waals surface area (Å²) in [4.78, 5) is 51.4. The molecular formula is C54H95N3O18S. The van der Waals surface area contributed by atoms with E-state index in [9.17, 15) is 33.3 Å². The summed E-state index contributed by atoms with van der Waals surface area (Å²) in [5.74, 6) is -7.44. The highest BCUT2D eigenvalue weighted by atomic mass is 32.2. The van der Waals surface area contributed by atoms with Gasteiger partial charge in [-0.3, -0.25) is 19.3 Å². The van der Waals surface area contributed by atoms with Crippen molar-refractivity contribution in [2.45, 2.75) is 239 Å². The lowest BCUT2D eigenvalue weighted by atomic mass is 9.74. The van der Waals surface area contributed by atoms with Gasteiger partial charge in [0.25, 0.3) is 0 Å². The largest absolute Gasteiger partial charge is 0.461 e. The van der Waals surface area contributed by atoms with Crippen LogP contribution in [-0.4, -0.2) is 189 Å². The van der Waals surface area contributed by atoms with Crippen molar-refractivity contribution in [3.05, 3.63) is 0 Å². The average Bonchev–Trinajstić information content (AvgIpc) is 3.45. The van der Waals surface area contributed by atoms with Gasteiger partial charge in [0.1, 0.15) is 37.1 Å². The molecule has 4 heterocycles. The van der Waals surface area contributed by atoms with Gasteiger partial charge in [-0.25, -0.2) is 13.1 Å². The molecule has 22 heteroatoms. The van der Waals surface area contributed by atoms with E-state index in [-0.39, 0.29) is 61.9 Å². The zero-order chi connectivity index (χ0) is 56.9. The number of sulfonamides is 1. The van der Waals surface area contributed by atoms with E-state index in [1.54, 1.807) is 34.6 Å². The lowest BCUT2D eigenvalue weighted by molar-refractivity contribution is -0.288. The van der Waals surface area contributed by atoms with Crippen molar-refractivity contribution < 1.29 is 85.6 Å². The second kappa shape index (κ2) is 27.3. The fourth-order valence-corrected chi connectivity index (χ4v) is 13.2. The first-order valence-corrected chi connectivity index (χ1v) is 29.5. The molecular weight excluding hydrogens is 1010 g/mol. The molecule has 0 aromatic heterocycles. The molecule has 0 aromatic rings. The number of hydrogen-bond donors (Lipinski definition) is 4. The summed E-state index contributed by atoms with van der Waals surface area (Å²) in [5.41, 5.74) is -1.75. The predicted octanol–water partition coefficient (Wildman–Crippen LogP) is 4.34. The third-order valence-electron chi connectivity index (χ3n) is 16.4. The molecule has 1 aliphatic carbocycles. The number of carbonyl (C=O) groups excluding carboxylic acids is 3. The molecule has 0 spiro atoms. The zero-order valence-electron chi connectivity index (χ0n) is 48.3. The normalized spacial score (nSPS) is 43.8. The molecule has 4 aliphatic heterocycles. The van der Waals surface area contributed by atoms with Crippen molar-refractivity contribution in [3.63, 3.8) is 0 Å². The number of ether oxygens (including phenoxy) is 9. The van der Waals surface area contributed by atoms with Gasteiger partial charge in [-0.1, -0.05) is 60.5 Å². The van der Waals surface area contributed by atoms with Gasteiger partial charge in [-0.05, 0) is 72.6 Å². The summed E-state index contributed by atoms with van der Waals surface area (Å²) in [6.45, 7) is 25.6. The fraction of sp³-hybridized carbons (Fsp3) is 0.926. The Bertz CT molecular complexity index is 2040. The number of oxime groups is 1. The van der Waals surface area contributed by atoms with E-state index in [1.165, 1.54) is 21.1 Å². The second-order valence-corrected chi connectivity index (χ2v) is 25.7. The van der Waals surface area contributed by atoms with Crippen molar-refractivity contribution >= 4 is 33.5 Å². The Balaban J connectivity index is 1.60. The first kappa shape index (κ1) is 64.4. The number of aliphatic hydroxyl groups excluding tert-OH is 2. The maximum Gasteiger partial charge on any atom is 0.311 e. The van der Waals surface area contributed by atoms with Gasteiger partial charge in [0.2, 0.25) is 10.0 Å². The number of ketones is 1. The minimum absolute atomic E-state index is 0.0393. The number of nitrogens with one attached hydrogen (secondary N) is 1. The molecule has 5 fully saturated rings. The van der Waals surface area contributed by atoms with E-state index in [0.717, 1.165) is 6.26 Å². The van der Waals surface area contributed by atoms with Crippen LogP contribution in [0.3, 0.4) is 0 Å². The fourth-order valence-electron chi connectivity index (χ4n) is 12.4. The maximum atomic E-state index is 15.3. The van der Waals surface area contributed by atoms with Crippen LogP contribution in [0.5, 0.6) is 0 Å². The van der Waals surface area contributed by atoms with Gasteiger partial charge in [0.05, 0.1) is 67.0 Å². The van der Waals surface area contributed by atoms with Crippen LogP contribution in [0.2, 0.25) is 0 Å². The third kappa shape index (κ3) is 16.4. The van der Waals surface area contributed by atoms with Crippen LogP contribution < -0.4 is 4.72 Å². The quantitative estimate of drug-likeness (QED) is 0.124. The van der Waals surface area contributed by atoms with Gasteiger partial charge in [0.15, 0.2) is 24.7 Å². The molecule has 5 rings (SSSR count). The van der Waals surface area contributed by atoms with E-state index in [0.29, 0.717) is 31.5 Å². The van der Waals surface area contributed by atoms with E-state index in [1.807, 2.05) is 48.5 Å². The molecule has 21 nitrogen and oxygen atoms in total. The highest BCUT2D eigenvalue weighted by molar-refractivity contribution is 7.88. The van der Waals surface area contributed by atoms with Crippen LogP contribution in [0.15, 0.2) is 5.16 Å². The van der Waals surface area contributed by atoms with Crippen molar-refractivity contribution in [1.29, 1.82) is 0 Å². The molecule has 1 saturated carbocycles. The number of cyclic esters (lactones) is 1. The lowest BCUT2D eigenvalue weighted by Crippen LogP contribution is -2.56. The van der Waals surface area contributed by atoms with Crippen molar-refractivity contribution in [2.75, 3.05) is 33.6 Å². The number of hydrogen-bond acceptors (Lipinski definition) is 20. The van der Waals surface area contributed by atoms with Crippen LogP contribution in [-0.2, 0) is 71.9 Å². The average molecular weight is 1110 g/mol. The van der Waals surface area contributed by atoms with Crippen LogP contribution in [0, 0.1) is 47.3 Å². The Labute approximate surface area is 452 Å². The van der Waals surface area contributed by atoms with Gasteiger partial charge in [-0.15, -0.1) is 0 Å². The van der Waals surface area contributed by atoms with Crippen LogP contribution in [0.1, 0.15) is 135 Å². The number of methoxy groups -OCH3 is 1. The van der Waals surface area contributed by atoms with E-state index >= 15 is 4.79 Å². The summed E-state index contributed by atoms with van der Waals surface area (Å²) >= 11 is 0. The summed E-state index contributed by atoms with van der Waals surface area (Å²) in [7, 11) is -0.494. The molecule has 76 heavy (non-hydrogen) atoms. The number of aliphatic hydroxyl groups is 3. The van der Waals surface area contributed by atoms with Crippen LogP contribution in [0.4, 0.5) is 0 Å². The first-order chi connectivity index (χ1) is 35.4. The number of rotatable bonds is 16. The molecule has 0 aromatic carbocycles. The second-order valence-electron chi connectivity index (χ2n) is 23.9. The smallest absolute Gasteiger partial charge is 0.311 e. The number of nitrogens with zero attached hydrogens (tertiary/aromatic N) is 2. The molecule has 22 atom stereocenters. The van der Waals surface area contributed by atoms with E-state index in [4.69, 9.17) is 47.5 Å². The molecule has 4 N–H and O–H groups in total. The van der Waals surface area contributed by atoms with Gasteiger partial charge < -0.3 is 62.8 Å². The highest BCUT2D eigenvalue weighted by Gasteiger charge is 2.51. The SMILES string of the molecule is CO/N=C1\C[C@@H](C)O[C@@H](O[C@@H]2[C@@H](C)[C@H](O[C@H]3CC(C)N(C4CC(NS(C)(=O)=O)C4)C[C@H](C)O3)[C@@H](C)C(=O)O[C@H]([C@@H](C)CO[C@@H]3O[C@H](C)[C@@H](O)[C@@H](C)[C@H]3OC)[C@H](C)[C@@H](OC(=O)CC(C)C)[C@@H](C)C(=O)[C@@](C)(O)C[C@@H]2C)[C@@H]1O. The Morgan fingerprint density at radius 2 is 1.50 bits per heavy atom. The Hall–Kier alpha value is -2.45. The van der Waals surface area contributed by atoms with Gasteiger partial charge >= 0.3 is 11.9 Å². The Morgan fingerprint density at radius 3 is 2.11 bits per heavy atom. The summed E-state index contributed by atoms with van der Waals surface area (Å²) in [5, 5.41) is 39.0. The first-order valence-electron chi connectivity index (χ1n) is 27.6.